The largest absolute Gasteiger partial charge is 0.478 e. The Kier molecular flexibility index (Phi) is 3.70. The second kappa shape index (κ2) is 5.65. The van der Waals surface area contributed by atoms with Gasteiger partial charge in [0.1, 0.15) is 0 Å². The Hall–Kier alpha value is -2.21. The lowest BCUT2D eigenvalue weighted by Crippen LogP contribution is -2.11. The molecule has 0 saturated carbocycles. The van der Waals surface area contributed by atoms with Gasteiger partial charge in [-0.1, -0.05) is 24.6 Å². The summed E-state index contributed by atoms with van der Waals surface area (Å²) >= 11 is 6.05. The Labute approximate surface area is 126 Å². The first-order valence-corrected chi connectivity index (χ1v) is 7.05. The zero-order valence-corrected chi connectivity index (χ0v) is 12.3. The minimum atomic E-state index is 0.0794. The van der Waals surface area contributed by atoms with E-state index < -0.39 is 0 Å². The summed E-state index contributed by atoms with van der Waals surface area (Å²) in [6.07, 6.45) is 2.71. The number of aromatic nitrogens is 4. The molecule has 0 amide bonds. The summed E-state index contributed by atoms with van der Waals surface area (Å²) in [4.78, 5) is 0. The summed E-state index contributed by atoms with van der Waals surface area (Å²) in [5.74, 6) is 0.610. The molecule has 0 atom stereocenters. The number of nitrogens with zero attached hydrogens (tertiary/aromatic N) is 4. The van der Waals surface area contributed by atoms with Crippen molar-refractivity contribution in [2.24, 2.45) is 0 Å². The zero-order chi connectivity index (χ0) is 14.8. The number of hydrogen-bond donors (Lipinski definition) is 1. The first-order chi connectivity index (χ1) is 10.2. The average molecular weight is 304 g/mol. The predicted molar refractivity (Wildman–Crippen MR) is 80.2 cm³/mol. The van der Waals surface area contributed by atoms with Gasteiger partial charge in [-0.2, -0.15) is 0 Å². The highest BCUT2D eigenvalue weighted by Gasteiger charge is 2.22. The van der Waals surface area contributed by atoms with Crippen LogP contribution in [-0.4, -0.2) is 32.7 Å². The summed E-state index contributed by atoms with van der Waals surface area (Å²) in [5, 5.41) is 20.5. The lowest BCUT2D eigenvalue weighted by atomic mass is 10.1. The van der Waals surface area contributed by atoms with Gasteiger partial charge in [-0.25, -0.2) is 4.68 Å². The fourth-order valence-corrected chi connectivity index (χ4v) is 2.38. The Balaban J connectivity index is 2.08. The van der Waals surface area contributed by atoms with Gasteiger partial charge in [-0.05, 0) is 46.2 Å². The maximum absolute atomic E-state index is 8.11. The molecule has 0 unspecified atom stereocenters. The molecule has 0 spiro atoms. The van der Waals surface area contributed by atoms with Crippen molar-refractivity contribution in [2.75, 3.05) is 6.61 Å². The summed E-state index contributed by atoms with van der Waals surface area (Å²) in [6.45, 7) is 3.00. The van der Waals surface area contributed by atoms with Crippen LogP contribution in [0.3, 0.4) is 0 Å². The van der Waals surface area contributed by atoms with E-state index in [4.69, 9.17) is 21.7 Å². The van der Waals surface area contributed by atoms with Gasteiger partial charge in [0.05, 0.1) is 18.7 Å². The molecule has 1 aliphatic heterocycles. The van der Waals surface area contributed by atoms with Crippen molar-refractivity contribution in [3.63, 3.8) is 0 Å². The Morgan fingerprint density at radius 2 is 2.33 bits per heavy atom. The maximum Gasteiger partial charge on any atom is 0.217 e. The van der Waals surface area contributed by atoms with E-state index in [-0.39, 0.29) is 5.90 Å². The van der Waals surface area contributed by atoms with Crippen molar-refractivity contribution >= 4 is 29.1 Å². The van der Waals surface area contributed by atoms with Crippen LogP contribution in [0.15, 0.2) is 18.2 Å². The molecule has 6 nitrogen and oxygen atoms in total. The van der Waals surface area contributed by atoms with Gasteiger partial charge in [-0.15, -0.1) is 5.10 Å². The Morgan fingerprint density at radius 1 is 1.48 bits per heavy atom. The molecular weight excluding hydrogens is 290 g/mol. The minimum absolute atomic E-state index is 0.0794. The van der Waals surface area contributed by atoms with Crippen molar-refractivity contribution in [1.82, 2.24) is 20.2 Å². The monoisotopic (exact) mass is 303 g/mol. The van der Waals surface area contributed by atoms with Crippen LogP contribution in [0.2, 0.25) is 5.02 Å². The third-order valence-corrected chi connectivity index (χ3v) is 3.43. The van der Waals surface area contributed by atoms with E-state index in [0.29, 0.717) is 29.6 Å². The Morgan fingerprint density at radius 3 is 3.14 bits per heavy atom. The van der Waals surface area contributed by atoms with Crippen LogP contribution >= 0.6 is 11.6 Å². The van der Waals surface area contributed by atoms with Gasteiger partial charge >= 0.3 is 0 Å². The fraction of sp³-hybridized carbons (Fsp3) is 0.286. The highest BCUT2D eigenvalue weighted by atomic mass is 35.5. The van der Waals surface area contributed by atoms with Crippen LogP contribution in [0.4, 0.5) is 0 Å². The van der Waals surface area contributed by atoms with E-state index >= 15 is 0 Å². The van der Waals surface area contributed by atoms with Gasteiger partial charge in [0.2, 0.25) is 5.90 Å². The molecule has 108 valence electrons. The number of fused-ring (bicyclic) bond motifs is 2. The second-order valence-electron chi connectivity index (χ2n) is 4.74. The van der Waals surface area contributed by atoms with E-state index in [1.807, 2.05) is 31.2 Å². The topological polar surface area (TPSA) is 76.7 Å². The summed E-state index contributed by atoms with van der Waals surface area (Å²) in [7, 11) is 0. The minimum Gasteiger partial charge on any atom is -0.478 e. The molecule has 1 aliphatic rings. The summed E-state index contributed by atoms with van der Waals surface area (Å²) in [5.41, 5.74) is 2.57. The maximum atomic E-state index is 8.11. The van der Waals surface area contributed by atoms with Crippen LogP contribution < -0.4 is 0 Å². The Bertz CT molecular complexity index is 722. The van der Waals surface area contributed by atoms with Crippen LogP contribution in [0.1, 0.15) is 30.3 Å². The molecule has 0 aliphatic carbocycles. The van der Waals surface area contributed by atoms with Gasteiger partial charge in [0, 0.05) is 5.02 Å². The number of rotatable bonds is 3. The molecule has 0 bridgehead atoms. The fourth-order valence-electron chi connectivity index (χ4n) is 2.19. The van der Waals surface area contributed by atoms with Crippen molar-refractivity contribution in [1.29, 1.82) is 5.41 Å². The molecule has 3 rings (SSSR count). The lowest BCUT2D eigenvalue weighted by Gasteiger charge is -2.08. The number of benzene rings is 1. The SMILES string of the molecule is CCCOC(=N)C1=Cc2ccc(Cl)cc2Cn2nnnc21. The van der Waals surface area contributed by atoms with Crippen LogP contribution in [0.25, 0.3) is 11.6 Å². The van der Waals surface area contributed by atoms with Gasteiger partial charge in [-0.3, -0.25) is 5.41 Å². The predicted octanol–water partition coefficient (Wildman–Crippen LogP) is 2.63. The van der Waals surface area contributed by atoms with Crippen LogP contribution in [0.5, 0.6) is 0 Å². The summed E-state index contributed by atoms with van der Waals surface area (Å²) in [6, 6.07) is 5.63. The molecule has 0 fully saturated rings. The number of ether oxygens (including phenoxy) is 1. The standard InChI is InChI=1S/C14H14ClN5O/c1-2-5-21-13(16)12-7-9-3-4-11(15)6-10(9)8-20-14(12)17-18-19-20/h3-4,6-7,16H,2,5,8H2,1H3. The van der Waals surface area contributed by atoms with Crippen molar-refractivity contribution in [3.05, 3.63) is 40.2 Å². The quantitative estimate of drug-likeness (QED) is 0.698. The number of halogens is 1. The van der Waals surface area contributed by atoms with Crippen molar-refractivity contribution in [3.8, 4) is 0 Å². The smallest absolute Gasteiger partial charge is 0.217 e. The zero-order valence-electron chi connectivity index (χ0n) is 11.5. The molecule has 1 aromatic heterocycles. The highest BCUT2D eigenvalue weighted by molar-refractivity contribution is 6.30. The molecule has 0 saturated heterocycles. The van der Waals surface area contributed by atoms with E-state index in [1.54, 1.807) is 4.68 Å². The molecule has 2 aromatic rings. The van der Waals surface area contributed by atoms with Crippen molar-refractivity contribution in [2.45, 2.75) is 19.9 Å². The van der Waals surface area contributed by atoms with E-state index in [0.717, 1.165) is 17.5 Å². The average Bonchev–Trinajstić information content (AvgIpc) is 2.86. The molecule has 2 heterocycles. The second-order valence-corrected chi connectivity index (χ2v) is 5.18. The molecule has 7 heteroatoms. The molecule has 21 heavy (non-hydrogen) atoms. The summed E-state index contributed by atoms with van der Waals surface area (Å²) < 4.78 is 7.08. The molecule has 1 N–H and O–H groups in total. The number of nitrogens with one attached hydrogen (secondary N) is 1. The van der Waals surface area contributed by atoms with E-state index in [1.165, 1.54) is 0 Å². The normalized spacial score (nSPS) is 13.0. The molecule has 0 radical (unpaired) electrons. The first kappa shape index (κ1) is 13.8. The first-order valence-electron chi connectivity index (χ1n) is 6.67. The van der Waals surface area contributed by atoms with E-state index in [9.17, 15) is 0 Å². The molecule has 1 aromatic carbocycles. The third-order valence-electron chi connectivity index (χ3n) is 3.19. The number of tetrazole rings is 1. The van der Waals surface area contributed by atoms with Gasteiger partial charge in [0.25, 0.3) is 0 Å². The third kappa shape index (κ3) is 2.67. The van der Waals surface area contributed by atoms with Crippen LogP contribution in [-0.2, 0) is 11.3 Å². The van der Waals surface area contributed by atoms with Crippen LogP contribution in [0, 0.1) is 5.41 Å². The molecular formula is C14H14ClN5O. The van der Waals surface area contributed by atoms with Gasteiger partial charge < -0.3 is 4.74 Å². The lowest BCUT2D eigenvalue weighted by molar-refractivity contribution is 0.306. The number of hydrogen-bond acceptors (Lipinski definition) is 5. The van der Waals surface area contributed by atoms with Gasteiger partial charge in [0.15, 0.2) is 5.82 Å². The van der Waals surface area contributed by atoms with E-state index in [2.05, 4.69) is 15.5 Å². The highest BCUT2D eigenvalue weighted by Crippen LogP contribution is 2.27. The van der Waals surface area contributed by atoms with Crippen molar-refractivity contribution < 1.29 is 4.74 Å².